The first-order valence-corrected chi connectivity index (χ1v) is 5.10. The first-order valence-electron chi connectivity index (χ1n) is 5.10. The third kappa shape index (κ3) is 3.62. The van der Waals surface area contributed by atoms with Gasteiger partial charge in [0.25, 0.3) is 0 Å². The van der Waals surface area contributed by atoms with Gasteiger partial charge in [-0.3, -0.25) is 5.41 Å². The summed E-state index contributed by atoms with van der Waals surface area (Å²) in [5.41, 5.74) is 1.20. The Bertz CT molecular complexity index is 323. The van der Waals surface area contributed by atoms with Crippen molar-refractivity contribution in [3.8, 4) is 5.75 Å². The number of benzene rings is 1. The van der Waals surface area contributed by atoms with E-state index in [2.05, 4.69) is 13.0 Å². The van der Waals surface area contributed by atoms with E-state index in [0.29, 0.717) is 13.0 Å². The van der Waals surface area contributed by atoms with Crippen molar-refractivity contribution in [2.75, 3.05) is 13.7 Å². The van der Waals surface area contributed by atoms with Crippen LogP contribution in [0.3, 0.4) is 0 Å². The molecular weight excluding hydrogens is 190 g/mol. The van der Waals surface area contributed by atoms with Crippen LogP contribution >= 0.6 is 0 Å². The van der Waals surface area contributed by atoms with Gasteiger partial charge in [0.1, 0.15) is 5.75 Å². The molecule has 15 heavy (non-hydrogen) atoms. The predicted molar refractivity (Wildman–Crippen MR) is 60.7 cm³/mol. The molecule has 0 amide bonds. The molecule has 0 aliphatic rings. The molecule has 0 atom stereocenters. The standard InChI is InChI=1S/C12H17NO2/c1-3-10-6-4-5-7-11(10)15-9-8-12(13)14-2/h4-7,13H,3,8-9H2,1-2H3. The third-order valence-electron chi connectivity index (χ3n) is 2.19. The molecule has 1 N–H and O–H groups in total. The predicted octanol–water partition coefficient (Wildman–Crippen LogP) is 2.64. The van der Waals surface area contributed by atoms with Gasteiger partial charge in [-0.1, -0.05) is 25.1 Å². The fourth-order valence-corrected chi connectivity index (χ4v) is 1.29. The van der Waals surface area contributed by atoms with Gasteiger partial charge in [-0.2, -0.15) is 0 Å². The van der Waals surface area contributed by atoms with E-state index in [1.54, 1.807) is 0 Å². The Morgan fingerprint density at radius 2 is 2.07 bits per heavy atom. The summed E-state index contributed by atoms with van der Waals surface area (Å²) < 4.78 is 10.3. The van der Waals surface area contributed by atoms with Crippen LogP contribution in [0.4, 0.5) is 0 Å². The minimum atomic E-state index is 0.254. The summed E-state index contributed by atoms with van der Waals surface area (Å²) in [5, 5.41) is 7.30. The molecule has 1 aromatic rings. The topological polar surface area (TPSA) is 42.3 Å². The molecule has 1 aromatic carbocycles. The van der Waals surface area contributed by atoms with Crippen molar-refractivity contribution >= 4 is 5.90 Å². The molecule has 0 heterocycles. The number of rotatable bonds is 5. The van der Waals surface area contributed by atoms with E-state index in [9.17, 15) is 0 Å². The minimum Gasteiger partial charge on any atom is -0.493 e. The minimum absolute atomic E-state index is 0.254. The monoisotopic (exact) mass is 207 g/mol. The van der Waals surface area contributed by atoms with Gasteiger partial charge in [0.2, 0.25) is 0 Å². The average molecular weight is 207 g/mol. The zero-order valence-electron chi connectivity index (χ0n) is 9.25. The molecule has 0 aliphatic heterocycles. The highest BCUT2D eigenvalue weighted by atomic mass is 16.5. The van der Waals surface area contributed by atoms with Gasteiger partial charge in [0.05, 0.1) is 20.1 Å². The Hall–Kier alpha value is -1.51. The first-order chi connectivity index (χ1) is 7.27. The van der Waals surface area contributed by atoms with Gasteiger partial charge in [-0.15, -0.1) is 0 Å². The van der Waals surface area contributed by atoms with Crippen LogP contribution in [0.25, 0.3) is 0 Å². The van der Waals surface area contributed by atoms with Crippen molar-refractivity contribution in [2.24, 2.45) is 0 Å². The smallest absolute Gasteiger partial charge is 0.183 e. The number of para-hydroxylation sites is 1. The second-order valence-electron chi connectivity index (χ2n) is 3.19. The second-order valence-corrected chi connectivity index (χ2v) is 3.19. The zero-order valence-corrected chi connectivity index (χ0v) is 9.25. The molecule has 0 spiro atoms. The summed E-state index contributed by atoms with van der Waals surface area (Å²) in [4.78, 5) is 0. The largest absolute Gasteiger partial charge is 0.493 e. The maximum Gasteiger partial charge on any atom is 0.183 e. The lowest BCUT2D eigenvalue weighted by molar-refractivity contribution is 0.305. The fraction of sp³-hybridized carbons (Fsp3) is 0.417. The zero-order chi connectivity index (χ0) is 11.1. The quantitative estimate of drug-likeness (QED) is 0.595. The average Bonchev–Trinajstić information content (AvgIpc) is 2.29. The van der Waals surface area contributed by atoms with Crippen molar-refractivity contribution < 1.29 is 9.47 Å². The van der Waals surface area contributed by atoms with Gasteiger partial charge in [-0.25, -0.2) is 0 Å². The Morgan fingerprint density at radius 1 is 1.33 bits per heavy atom. The summed E-state index contributed by atoms with van der Waals surface area (Å²) in [5.74, 6) is 1.16. The van der Waals surface area contributed by atoms with Crippen molar-refractivity contribution in [1.29, 1.82) is 5.41 Å². The Morgan fingerprint density at radius 3 is 2.73 bits per heavy atom. The molecule has 1 rings (SSSR count). The van der Waals surface area contributed by atoms with Crippen molar-refractivity contribution in [1.82, 2.24) is 0 Å². The number of methoxy groups -OCH3 is 1. The van der Waals surface area contributed by atoms with Gasteiger partial charge in [0.15, 0.2) is 5.90 Å². The van der Waals surface area contributed by atoms with E-state index < -0.39 is 0 Å². The number of hydrogen-bond donors (Lipinski definition) is 1. The van der Waals surface area contributed by atoms with Crippen molar-refractivity contribution in [3.63, 3.8) is 0 Å². The van der Waals surface area contributed by atoms with Crippen LogP contribution < -0.4 is 4.74 Å². The van der Waals surface area contributed by atoms with E-state index in [0.717, 1.165) is 12.2 Å². The lowest BCUT2D eigenvalue weighted by Gasteiger charge is -2.09. The van der Waals surface area contributed by atoms with Gasteiger partial charge in [0, 0.05) is 0 Å². The molecule has 0 radical (unpaired) electrons. The van der Waals surface area contributed by atoms with Crippen LogP contribution in [0, 0.1) is 5.41 Å². The van der Waals surface area contributed by atoms with Gasteiger partial charge < -0.3 is 9.47 Å². The van der Waals surface area contributed by atoms with Gasteiger partial charge >= 0.3 is 0 Å². The summed E-state index contributed by atoms with van der Waals surface area (Å²) in [6, 6.07) is 7.96. The number of nitrogens with one attached hydrogen (secondary N) is 1. The molecule has 0 fully saturated rings. The number of hydrogen-bond acceptors (Lipinski definition) is 3. The number of ether oxygens (including phenoxy) is 2. The Balaban J connectivity index is 2.46. The SMILES string of the molecule is CCc1ccccc1OCCC(=N)OC. The molecule has 3 heteroatoms. The van der Waals surface area contributed by atoms with Crippen molar-refractivity contribution in [2.45, 2.75) is 19.8 Å². The molecular formula is C12H17NO2. The molecule has 0 aliphatic carbocycles. The van der Waals surface area contributed by atoms with E-state index in [1.807, 2.05) is 18.2 Å². The van der Waals surface area contributed by atoms with Crippen LogP contribution in [-0.2, 0) is 11.2 Å². The Labute approximate surface area is 90.5 Å². The Kier molecular flexibility index (Phi) is 4.68. The van der Waals surface area contributed by atoms with Crippen LogP contribution in [0.5, 0.6) is 5.75 Å². The molecule has 3 nitrogen and oxygen atoms in total. The van der Waals surface area contributed by atoms with Crippen LogP contribution in [0.2, 0.25) is 0 Å². The molecule has 0 bridgehead atoms. The van der Waals surface area contributed by atoms with E-state index in [4.69, 9.17) is 14.9 Å². The van der Waals surface area contributed by atoms with Gasteiger partial charge in [-0.05, 0) is 18.1 Å². The molecule has 0 aromatic heterocycles. The molecule has 0 saturated heterocycles. The van der Waals surface area contributed by atoms with E-state index in [1.165, 1.54) is 12.7 Å². The first kappa shape index (κ1) is 11.6. The maximum absolute atomic E-state index is 7.30. The highest BCUT2D eigenvalue weighted by Gasteiger charge is 2.01. The lowest BCUT2D eigenvalue weighted by atomic mass is 10.1. The maximum atomic E-state index is 7.30. The van der Waals surface area contributed by atoms with Crippen LogP contribution in [-0.4, -0.2) is 19.6 Å². The summed E-state index contributed by atoms with van der Waals surface area (Å²) in [6.07, 6.45) is 1.46. The highest BCUT2D eigenvalue weighted by molar-refractivity contribution is 5.72. The lowest BCUT2D eigenvalue weighted by Crippen LogP contribution is -2.07. The van der Waals surface area contributed by atoms with Crippen LogP contribution in [0.1, 0.15) is 18.9 Å². The van der Waals surface area contributed by atoms with Crippen LogP contribution in [0.15, 0.2) is 24.3 Å². The summed E-state index contributed by atoms with van der Waals surface area (Å²) in [6.45, 7) is 2.59. The molecule has 82 valence electrons. The summed E-state index contributed by atoms with van der Waals surface area (Å²) in [7, 11) is 1.50. The normalized spacial score (nSPS) is 9.73. The number of aryl methyl sites for hydroxylation is 1. The van der Waals surface area contributed by atoms with Crippen molar-refractivity contribution in [3.05, 3.63) is 29.8 Å². The van der Waals surface area contributed by atoms with E-state index >= 15 is 0 Å². The third-order valence-corrected chi connectivity index (χ3v) is 2.19. The molecule has 0 saturated carbocycles. The van der Waals surface area contributed by atoms with E-state index in [-0.39, 0.29) is 5.90 Å². The fourth-order valence-electron chi connectivity index (χ4n) is 1.29. The summed E-state index contributed by atoms with van der Waals surface area (Å²) >= 11 is 0. The second kappa shape index (κ2) is 6.06. The molecule has 0 unspecified atom stereocenters. The highest BCUT2D eigenvalue weighted by Crippen LogP contribution is 2.18.